The Morgan fingerprint density at radius 3 is 2.06 bits per heavy atom. The van der Waals surface area contributed by atoms with Crippen LogP contribution in [0.15, 0.2) is 48.5 Å². The quantitative estimate of drug-likeness (QED) is 0.247. The van der Waals surface area contributed by atoms with Crippen molar-refractivity contribution in [1.82, 2.24) is 0 Å². The van der Waals surface area contributed by atoms with Crippen molar-refractivity contribution in [3.8, 4) is 11.1 Å². The fraction of sp³-hybridized carbons (Fsp3) is 0.143. The number of hydrogen-bond acceptors (Lipinski definition) is 2. The molecule has 0 aliphatic rings. The SMILES string of the molecule is [3H][B]SOCc1ccc(-c2ccc(CI)cc2)cc1. The van der Waals surface area contributed by atoms with Gasteiger partial charge in [-0.25, -0.2) is 0 Å². The van der Waals surface area contributed by atoms with Crippen LogP contribution in [0.3, 0.4) is 0 Å². The first kappa shape index (κ1) is 12.6. The van der Waals surface area contributed by atoms with E-state index in [2.05, 4.69) is 71.1 Å². The van der Waals surface area contributed by atoms with Gasteiger partial charge in [0.05, 0.1) is 6.61 Å². The zero-order chi connectivity index (χ0) is 13.5. The molecule has 0 amide bonds. The zero-order valence-corrected chi connectivity index (χ0v) is 12.8. The van der Waals surface area contributed by atoms with Gasteiger partial charge in [-0.3, -0.25) is 0 Å². The Morgan fingerprint density at radius 1 is 1.00 bits per heavy atom. The second kappa shape index (κ2) is 7.21. The number of benzene rings is 2. The van der Waals surface area contributed by atoms with Crippen molar-refractivity contribution < 1.29 is 4.18 Å². The van der Waals surface area contributed by atoms with Gasteiger partial charge < -0.3 is 4.18 Å². The lowest BCUT2D eigenvalue weighted by Crippen LogP contribution is -1.86. The van der Waals surface area contributed by atoms with Crippen LogP contribution in [0.25, 0.3) is 11.1 Å². The summed E-state index contributed by atoms with van der Waals surface area (Å²) in [6.45, 7) is 0.522. The fourth-order valence-corrected chi connectivity index (χ4v) is 2.39. The van der Waals surface area contributed by atoms with Gasteiger partial charge in [0.25, 0.3) is 0 Å². The molecular weight excluding hydrogens is 354 g/mol. The van der Waals surface area contributed by atoms with Crippen molar-refractivity contribution >= 4 is 41.6 Å². The lowest BCUT2D eigenvalue weighted by molar-refractivity contribution is 0.369. The fourth-order valence-electron chi connectivity index (χ4n) is 1.68. The maximum absolute atomic E-state index is 6.86. The average Bonchev–Trinajstić information content (AvgIpc) is 2.48. The van der Waals surface area contributed by atoms with Gasteiger partial charge in [-0.1, -0.05) is 83.0 Å². The molecule has 0 saturated heterocycles. The molecule has 2 rings (SSSR count). The molecule has 0 aromatic heterocycles. The van der Waals surface area contributed by atoms with Gasteiger partial charge in [-0.2, -0.15) is 0 Å². The van der Waals surface area contributed by atoms with Gasteiger partial charge >= 0.3 is 0 Å². The zero-order valence-electron chi connectivity index (χ0n) is 10.8. The molecule has 0 spiro atoms. The number of alkyl halides is 1. The highest BCUT2D eigenvalue weighted by Gasteiger charge is 1.99. The van der Waals surface area contributed by atoms with E-state index in [0.717, 1.165) is 21.9 Å². The molecule has 0 bridgehead atoms. The molecule has 1 nitrogen and oxygen atoms in total. The Hall–Kier alpha value is -0.455. The summed E-state index contributed by atoms with van der Waals surface area (Å²) in [4.78, 5) is 0. The normalized spacial score (nSPS) is 11.1. The summed E-state index contributed by atoms with van der Waals surface area (Å²) in [6.07, 6.45) is 0. The molecule has 0 unspecified atom stereocenters. The van der Waals surface area contributed by atoms with Crippen molar-refractivity contribution in [2.75, 3.05) is 0 Å². The van der Waals surface area contributed by atoms with E-state index in [4.69, 9.17) is 5.52 Å². The number of rotatable bonds is 6. The maximum Gasteiger partial charge on any atom is 0.209 e. The largest absolute Gasteiger partial charge is 0.323 e. The Kier molecular flexibility index (Phi) is 5.04. The van der Waals surface area contributed by atoms with Gasteiger partial charge in [0.2, 0.25) is 7.09 Å². The van der Waals surface area contributed by atoms with E-state index in [1.165, 1.54) is 23.8 Å². The lowest BCUT2D eigenvalue weighted by atomic mass is 10.0. The van der Waals surface area contributed by atoms with Crippen LogP contribution >= 0.6 is 34.5 Å². The van der Waals surface area contributed by atoms with E-state index in [-0.39, 0.29) is 0 Å². The minimum absolute atomic E-state index is 0.522. The molecule has 2 aromatic carbocycles. The van der Waals surface area contributed by atoms with Crippen LogP contribution in [-0.4, -0.2) is 8.42 Å². The second-order valence-electron chi connectivity index (χ2n) is 3.89. The Bertz CT molecular complexity index is 504. The van der Waals surface area contributed by atoms with Crippen LogP contribution < -0.4 is 0 Å². The van der Waals surface area contributed by atoms with Crippen LogP contribution in [0.1, 0.15) is 11.1 Å². The van der Waals surface area contributed by atoms with Crippen LogP contribution in [0.2, 0.25) is 0 Å². The van der Waals surface area contributed by atoms with E-state index in [0.29, 0.717) is 6.61 Å². The predicted octanol–water partition coefficient (Wildman–Crippen LogP) is 4.27. The molecule has 4 heteroatoms. The molecular formula is C14H13BIOS. The standard InChI is InChI=1S/C14H13BIOS/c15-18-17-10-12-3-7-14(8-4-12)13-5-1-11(9-16)2-6-13/h1-8,15H,9-10H2/i15T. The highest BCUT2D eigenvalue weighted by atomic mass is 127. The molecule has 0 saturated carbocycles. The van der Waals surface area contributed by atoms with Crippen molar-refractivity contribution in [2.24, 2.45) is 0 Å². The van der Waals surface area contributed by atoms with E-state index in [1.54, 1.807) is 0 Å². The topological polar surface area (TPSA) is 9.23 Å². The summed E-state index contributed by atoms with van der Waals surface area (Å²) in [5.41, 5.74) is 4.90. The monoisotopic (exact) mass is 369 g/mol. The highest BCUT2D eigenvalue weighted by Crippen LogP contribution is 2.21. The van der Waals surface area contributed by atoms with Gasteiger partial charge in [0.15, 0.2) is 0 Å². The summed E-state index contributed by atoms with van der Waals surface area (Å²) < 4.78 is 13.1. The highest BCUT2D eigenvalue weighted by molar-refractivity contribution is 14.1. The van der Waals surface area contributed by atoms with Crippen LogP contribution in [0.5, 0.6) is 0 Å². The smallest absolute Gasteiger partial charge is 0.209 e. The van der Waals surface area contributed by atoms with Crippen molar-refractivity contribution in [1.29, 1.82) is 1.34 Å². The Labute approximate surface area is 128 Å². The Balaban J connectivity index is 2.04. The van der Waals surface area contributed by atoms with E-state index in [1.807, 2.05) is 0 Å². The van der Waals surface area contributed by atoms with Crippen molar-refractivity contribution in [3.63, 3.8) is 0 Å². The molecule has 1 radical (unpaired) electrons. The first-order valence-corrected chi connectivity index (χ1v) is 7.89. The first-order chi connectivity index (χ1) is 9.33. The molecule has 0 fully saturated rings. The van der Waals surface area contributed by atoms with Crippen LogP contribution in [0, 0.1) is 0 Å². The summed E-state index contributed by atoms with van der Waals surface area (Å²) in [7, 11) is 1.18. The number of halogens is 1. The van der Waals surface area contributed by atoms with Gasteiger partial charge in [0, 0.05) is 4.43 Å². The Morgan fingerprint density at radius 2 is 1.56 bits per heavy atom. The minimum atomic E-state index is 0.522. The number of hydrogen-bond donors (Lipinski definition) is 0. The first-order valence-electron chi connectivity index (χ1n) is 6.14. The summed E-state index contributed by atoms with van der Waals surface area (Å²) in [5.74, 6) is 0. The molecule has 0 atom stereocenters. The van der Waals surface area contributed by atoms with Gasteiger partial charge in [0.1, 0.15) is 0 Å². The maximum atomic E-state index is 6.86. The van der Waals surface area contributed by atoms with E-state index >= 15 is 0 Å². The van der Waals surface area contributed by atoms with Crippen molar-refractivity contribution in [3.05, 3.63) is 59.7 Å². The third-order valence-corrected chi connectivity index (χ3v) is 3.82. The minimum Gasteiger partial charge on any atom is -0.323 e. The molecule has 0 aliphatic heterocycles. The average molecular weight is 369 g/mol. The molecule has 0 N–H and O–H groups in total. The molecule has 91 valence electrons. The predicted molar refractivity (Wildman–Crippen MR) is 89.1 cm³/mol. The molecule has 0 heterocycles. The van der Waals surface area contributed by atoms with Gasteiger partial charge in [-0.15, -0.1) is 0 Å². The third-order valence-electron chi connectivity index (χ3n) is 2.69. The molecule has 0 aliphatic carbocycles. The van der Waals surface area contributed by atoms with Crippen LogP contribution in [-0.2, 0) is 15.2 Å². The molecule has 2 aromatic rings. The molecule has 18 heavy (non-hydrogen) atoms. The van der Waals surface area contributed by atoms with E-state index < -0.39 is 0 Å². The third kappa shape index (κ3) is 3.77. The van der Waals surface area contributed by atoms with E-state index in [9.17, 15) is 0 Å². The summed E-state index contributed by atoms with van der Waals surface area (Å²) in [6, 6.07) is 17.0. The summed E-state index contributed by atoms with van der Waals surface area (Å²) >= 11 is 3.42. The van der Waals surface area contributed by atoms with Crippen LogP contribution in [0.4, 0.5) is 0 Å². The van der Waals surface area contributed by atoms with Gasteiger partial charge in [-0.05, 0) is 23.6 Å². The summed E-state index contributed by atoms with van der Waals surface area (Å²) in [5, 5.41) is 0. The van der Waals surface area contributed by atoms with Crippen molar-refractivity contribution in [2.45, 2.75) is 11.0 Å². The lowest BCUT2D eigenvalue weighted by Gasteiger charge is -2.05. The second-order valence-corrected chi connectivity index (χ2v) is 5.08.